The van der Waals surface area contributed by atoms with Crippen molar-refractivity contribution in [2.45, 2.75) is 6.04 Å². The van der Waals surface area contributed by atoms with Crippen LogP contribution in [0.1, 0.15) is 17.2 Å². The van der Waals surface area contributed by atoms with Crippen molar-refractivity contribution in [2.24, 2.45) is 0 Å². The molecular weight excluding hydrogens is 208 g/mol. The fourth-order valence-corrected chi connectivity index (χ4v) is 2.38. The second-order valence-corrected chi connectivity index (χ2v) is 4.31. The van der Waals surface area contributed by atoms with Crippen molar-refractivity contribution in [1.29, 1.82) is 0 Å². The van der Waals surface area contributed by atoms with Gasteiger partial charge < -0.3 is 10.6 Å². The molecule has 1 unspecified atom stereocenters. The molecule has 2 aromatic rings. The molecule has 2 aromatic carbocycles. The van der Waals surface area contributed by atoms with Gasteiger partial charge in [-0.05, 0) is 17.2 Å². The average Bonchev–Trinajstić information content (AvgIpc) is 2.62. The normalized spacial score (nSPS) is 18.9. The zero-order chi connectivity index (χ0) is 11.5. The highest BCUT2D eigenvalue weighted by atomic mass is 15.0. The molecule has 0 bridgehead atoms. The lowest BCUT2D eigenvalue weighted by molar-refractivity contribution is 0.634. The predicted octanol–water partition coefficient (Wildman–Crippen LogP) is 2.79. The van der Waals surface area contributed by atoms with Crippen molar-refractivity contribution in [2.75, 3.05) is 18.4 Å². The molecule has 0 spiro atoms. The molecule has 0 saturated heterocycles. The second-order valence-electron chi connectivity index (χ2n) is 4.31. The summed E-state index contributed by atoms with van der Waals surface area (Å²) in [6, 6.07) is 19.4. The van der Waals surface area contributed by atoms with Crippen LogP contribution in [0.5, 0.6) is 0 Å². The third-order valence-electron chi connectivity index (χ3n) is 3.19. The van der Waals surface area contributed by atoms with Gasteiger partial charge in [-0.25, -0.2) is 0 Å². The molecule has 1 atom stereocenters. The molecule has 0 fully saturated rings. The van der Waals surface area contributed by atoms with E-state index >= 15 is 0 Å². The minimum absolute atomic E-state index is 0.294. The monoisotopic (exact) mass is 224 g/mol. The number of nitrogens with one attached hydrogen (secondary N) is 2. The van der Waals surface area contributed by atoms with Gasteiger partial charge in [0.1, 0.15) is 0 Å². The number of hydrogen-bond donors (Lipinski definition) is 2. The summed E-state index contributed by atoms with van der Waals surface area (Å²) in [5.74, 6) is 0. The van der Waals surface area contributed by atoms with Gasteiger partial charge in [0.25, 0.3) is 0 Å². The Morgan fingerprint density at radius 1 is 0.824 bits per heavy atom. The van der Waals surface area contributed by atoms with Gasteiger partial charge in [-0.2, -0.15) is 0 Å². The topological polar surface area (TPSA) is 24.1 Å². The van der Waals surface area contributed by atoms with Crippen LogP contribution in [0.15, 0.2) is 54.6 Å². The minimum Gasteiger partial charge on any atom is -0.383 e. The van der Waals surface area contributed by atoms with Gasteiger partial charge >= 0.3 is 0 Å². The number of rotatable bonds is 1. The molecule has 17 heavy (non-hydrogen) atoms. The summed E-state index contributed by atoms with van der Waals surface area (Å²) in [6.07, 6.45) is 0. The molecule has 0 aromatic heterocycles. The van der Waals surface area contributed by atoms with Crippen LogP contribution in [0.25, 0.3) is 0 Å². The zero-order valence-electron chi connectivity index (χ0n) is 9.69. The highest BCUT2D eigenvalue weighted by Crippen LogP contribution is 2.29. The Hall–Kier alpha value is -1.80. The van der Waals surface area contributed by atoms with E-state index in [0.717, 1.165) is 13.1 Å². The molecule has 0 aliphatic carbocycles. The van der Waals surface area contributed by atoms with Crippen LogP contribution in [0.2, 0.25) is 0 Å². The van der Waals surface area contributed by atoms with E-state index in [1.54, 1.807) is 0 Å². The van der Waals surface area contributed by atoms with Crippen LogP contribution >= 0.6 is 0 Å². The fraction of sp³-hybridized carbons (Fsp3) is 0.200. The van der Waals surface area contributed by atoms with Gasteiger partial charge in [-0.15, -0.1) is 0 Å². The van der Waals surface area contributed by atoms with Crippen molar-refractivity contribution < 1.29 is 0 Å². The van der Waals surface area contributed by atoms with E-state index in [4.69, 9.17) is 0 Å². The average molecular weight is 224 g/mol. The van der Waals surface area contributed by atoms with Gasteiger partial charge in [0, 0.05) is 18.8 Å². The van der Waals surface area contributed by atoms with Crippen LogP contribution in [0.4, 0.5) is 5.69 Å². The van der Waals surface area contributed by atoms with Gasteiger partial charge in [-0.1, -0.05) is 48.5 Å². The smallest absolute Gasteiger partial charge is 0.0597 e. The van der Waals surface area contributed by atoms with E-state index in [1.165, 1.54) is 16.8 Å². The van der Waals surface area contributed by atoms with E-state index in [2.05, 4.69) is 65.2 Å². The lowest BCUT2D eigenvalue weighted by Gasteiger charge is -2.18. The van der Waals surface area contributed by atoms with Gasteiger partial charge in [-0.3, -0.25) is 0 Å². The minimum atomic E-state index is 0.294. The van der Waals surface area contributed by atoms with Crippen molar-refractivity contribution in [3.05, 3.63) is 65.7 Å². The molecule has 2 N–H and O–H groups in total. The SMILES string of the molecule is c1ccc(C2NCCNc3ccccc32)cc1. The lowest BCUT2D eigenvalue weighted by Crippen LogP contribution is -2.23. The van der Waals surface area contributed by atoms with Gasteiger partial charge in [0.15, 0.2) is 0 Å². The first kappa shape index (κ1) is 10.4. The van der Waals surface area contributed by atoms with Crippen molar-refractivity contribution in [3.63, 3.8) is 0 Å². The maximum atomic E-state index is 3.59. The summed E-state index contributed by atoms with van der Waals surface area (Å²) >= 11 is 0. The van der Waals surface area contributed by atoms with E-state index in [0.29, 0.717) is 6.04 Å². The Morgan fingerprint density at radius 2 is 1.59 bits per heavy atom. The molecule has 1 aliphatic rings. The summed E-state index contributed by atoms with van der Waals surface area (Å²) < 4.78 is 0. The first-order valence-corrected chi connectivity index (χ1v) is 6.06. The van der Waals surface area contributed by atoms with Crippen molar-refractivity contribution in [3.8, 4) is 0 Å². The lowest BCUT2D eigenvalue weighted by atomic mass is 9.97. The largest absolute Gasteiger partial charge is 0.383 e. The standard InChI is InChI=1S/C15H16N2/c1-2-6-12(7-3-1)15-13-8-4-5-9-14(13)16-10-11-17-15/h1-9,15-17H,10-11H2. The van der Waals surface area contributed by atoms with E-state index in [-0.39, 0.29) is 0 Å². The van der Waals surface area contributed by atoms with E-state index in [9.17, 15) is 0 Å². The Morgan fingerprint density at radius 3 is 2.47 bits per heavy atom. The predicted molar refractivity (Wildman–Crippen MR) is 71.2 cm³/mol. The van der Waals surface area contributed by atoms with Crippen molar-refractivity contribution in [1.82, 2.24) is 5.32 Å². The molecule has 0 radical (unpaired) electrons. The number of anilines is 1. The number of hydrogen-bond acceptors (Lipinski definition) is 2. The van der Waals surface area contributed by atoms with Crippen LogP contribution in [-0.2, 0) is 0 Å². The highest BCUT2D eigenvalue weighted by molar-refractivity contribution is 5.55. The van der Waals surface area contributed by atoms with Crippen LogP contribution in [0, 0.1) is 0 Å². The van der Waals surface area contributed by atoms with Crippen LogP contribution < -0.4 is 10.6 Å². The Kier molecular flexibility index (Phi) is 2.80. The summed E-state index contributed by atoms with van der Waals surface area (Å²) in [5.41, 5.74) is 3.89. The maximum absolute atomic E-state index is 3.59. The van der Waals surface area contributed by atoms with Gasteiger partial charge in [0.05, 0.1) is 6.04 Å². The Balaban J connectivity index is 2.06. The molecule has 1 aliphatic heterocycles. The summed E-state index contributed by atoms with van der Waals surface area (Å²) in [7, 11) is 0. The molecule has 2 heteroatoms. The third kappa shape index (κ3) is 2.04. The zero-order valence-corrected chi connectivity index (χ0v) is 9.69. The highest BCUT2D eigenvalue weighted by Gasteiger charge is 2.18. The van der Waals surface area contributed by atoms with Crippen LogP contribution in [0.3, 0.4) is 0 Å². The third-order valence-corrected chi connectivity index (χ3v) is 3.19. The summed E-state index contributed by atoms with van der Waals surface area (Å²) in [5, 5.41) is 7.05. The van der Waals surface area contributed by atoms with Crippen molar-refractivity contribution >= 4 is 5.69 Å². The molecular formula is C15H16N2. The molecule has 1 heterocycles. The second kappa shape index (κ2) is 4.60. The number of fused-ring (bicyclic) bond motifs is 1. The first-order chi connectivity index (χ1) is 8.45. The fourth-order valence-electron chi connectivity index (χ4n) is 2.38. The molecule has 0 saturated carbocycles. The molecule has 3 rings (SSSR count). The maximum Gasteiger partial charge on any atom is 0.0597 e. The quantitative estimate of drug-likeness (QED) is 0.778. The number of benzene rings is 2. The van der Waals surface area contributed by atoms with E-state index < -0.39 is 0 Å². The Labute approximate surface area is 102 Å². The summed E-state index contributed by atoms with van der Waals surface area (Å²) in [4.78, 5) is 0. The molecule has 0 amide bonds. The Bertz CT molecular complexity index is 493. The summed E-state index contributed by atoms with van der Waals surface area (Å²) in [6.45, 7) is 1.95. The van der Waals surface area contributed by atoms with E-state index in [1.807, 2.05) is 0 Å². The molecule has 2 nitrogen and oxygen atoms in total. The number of para-hydroxylation sites is 1. The van der Waals surface area contributed by atoms with Gasteiger partial charge in [0.2, 0.25) is 0 Å². The molecule has 86 valence electrons. The van der Waals surface area contributed by atoms with Crippen LogP contribution in [-0.4, -0.2) is 13.1 Å². The first-order valence-electron chi connectivity index (χ1n) is 6.06.